The number of nitrogens with zero attached hydrogens (tertiary/aromatic N) is 4. The molecule has 0 radical (unpaired) electrons. The summed E-state index contributed by atoms with van der Waals surface area (Å²) in [6.07, 6.45) is 11.5. The second-order valence-electron chi connectivity index (χ2n) is 8.17. The summed E-state index contributed by atoms with van der Waals surface area (Å²) < 4.78 is 5.39. The zero-order valence-corrected chi connectivity index (χ0v) is 16.6. The molecule has 6 nitrogen and oxygen atoms in total. The normalized spacial score (nSPS) is 28.3. The third kappa shape index (κ3) is 3.65. The molecular weight excluding hydrogens is 348 g/mol. The van der Waals surface area contributed by atoms with Gasteiger partial charge in [0.25, 0.3) is 0 Å². The largest absolute Gasteiger partial charge is 0.339 e. The highest BCUT2D eigenvalue weighted by Gasteiger charge is 2.49. The van der Waals surface area contributed by atoms with Gasteiger partial charge in [0.05, 0.1) is 17.7 Å². The van der Waals surface area contributed by atoms with Crippen LogP contribution in [0.2, 0.25) is 0 Å². The van der Waals surface area contributed by atoms with Crippen LogP contribution in [0.25, 0.3) is 0 Å². The molecule has 1 aromatic heterocycles. The van der Waals surface area contributed by atoms with Crippen LogP contribution in [0.1, 0.15) is 63.1 Å². The molecule has 3 fully saturated rings. The molecule has 3 aliphatic rings. The summed E-state index contributed by atoms with van der Waals surface area (Å²) >= 11 is 1.69. The van der Waals surface area contributed by atoms with Gasteiger partial charge in [0.2, 0.25) is 11.8 Å². The van der Waals surface area contributed by atoms with Gasteiger partial charge in [-0.05, 0) is 44.9 Å². The van der Waals surface area contributed by atoms with Crippen molar-refractivity contribution in [2.75, 3.05) is 25.9 Å². The Morgan fingerprint density at radius 2 is 2.04 bits per heavy atom. The number of carbonyl (C=O) groups excluding carboxylic acids is 1. The van der Waals surface area contributed by atoms with Gasteiger partial charge >= 0.3 is 0 Å². The van der Waals surface area contributed by atoms with E-state index in [-0.39, 0.29) is 5.41 Å². The molecule has 1 atom stereocenters. The first-order chi connectivity index (χ1) is 12.7. The lowest BCUT2D eigenvalue weighted by Crippen LogP contribution is -2.54. The molecule has 7 heteroatoms. The van der Waals surface area contributed by atoms with Gasteiger partial charge in [-0.15, -0.1) is 0 Å². The average Bonchev–Trinajstić information content (AvgIpc) is 3.27. The van der Waals surface area contributed by atoms with E-state index in [1.165, 1.54) is 32.1 Å². The Morgan fingerprint density at radius 1 is 1.19 bits per heavy atom. The molecule has 3 heterocycles. The van der Waals surface area contributed by atoms with Crippen molar-refractivity contribution in [1.29, 1.82) is 0 Å². The Kier molecular flexibility index (Phi) is 5.55. The highest BCUT2D eigenvalue weighted by atomic mass is 32.2. The van der Waals surface area contributed by atoms with Gasteiger partial charge in [0, 0.05) is 19.1 Å². The second kappa shape index (κ2) is 7.89. The maximum atomic E-state index is 13.4. The van der Waals surface area contributed by atoms with E-state index in [1.807, 2.05) is 6.26 Å². The topological polar surface area (TPSA) is 62.5 Å². The van der Waals surface area contributed by atoms with Gasteiger partial charge in [-0.1, -0.05) is 24.4 Å². The molecule has 1 aliphatic carbocycles. The van der Waals surface area contributed by atoms with Crippen molar-refractivity contribution in [2.45, 2.75) is 69.7 Å². The van der Waals surface area contributed by atoms with Crippen LogP contribution >= 0.6 is 11.8 Å². The second-order valence-corrected chi connectivity index (χ2v) is 9.04. The number of piperidine rings is 1. The van der Waals surface area contributed by atoms with Crippen molar-refractivity contribution in [1.82, 2.24) is 19.9 Å². The zero-order chi connectivity index (χ0) is 18.0. The molecule has 0 bridgehead atoms. The lowest BCUT2D eigenvalue weighted by atomic mass is 9.77. The number of hydrogen-bond donors (Lipinski definition) is 0. The summed E-state index contributed by atoms with van der Waals surface area (Å²) in [5.41, 5.74) is -0.169. The van der Waals surface area contributed by atoms with E-state index in [1.54, 1.807) is 11.8 Å². The number of carbonyl (C=O) groups is 1. The highest BCUT2D eigenvalue weighted by Crippen LogP contribution is 2.42. The molecule has 1 unspecified atom stereocenters. The lowest BCUT2D eigenvalue weighted by molar-refractivity contribution is -0.149. The number of rotatable bonds is 5. The molecule has 1 aromatic rings. The molecule has 144 valence electrons. The first-order valence-electron chi connectivity index (χ1n) is 10.0. The maximum absolute atomic E-state index is 13.4. The van der Waals surface area contributed by atoms with E-state index >= 15 is 0 Å². The van der Waals surface area contributed by atoms with Crippen molar-refractivity contribution in [3.63, 3.8) is 0 Å². The van der Waals surface area contributed by atoms with Crippen molar-refractivity contribution in [2.24, 2.45) is 5.41 Å². The van der Waals surface area contributed by atoms with Crippen molar-refractivity contribution < 1.29 is 9.32 Å². The first kappa shape index (κ1) is 18.3. The predicted octanol–water partition coefficient (Wildman–Crippen LogP) is 3.08. The summed E-state index contributed by atoms with van der Waals surface area (Å²) in [6.45, 7) is 3.42. The Labute approximate surface area is 160 Å². The van der Waals surface area contributed by atoms with Crippen molar-refractivity contribution in [3.8, 4) is 0 Å². The molecule has 2 saturated heterocycles. The monoisotopic (exact) mass is 378 g/mol. The minimum atomic E-state index is -0.169. The molecule has 0 aromatic carbocycles. The average molecular weight is 379 g/mol. The Hall–Kier alpha value is -1.08. The molecule has 2 aliphatic heterocycles. The lowest BCUT2D eigenvalue weighted by Gasteiger charge is -2.44. The van der Waals surface area contributed by atoms with E-state index < -0.39 is 0 Å². The molecule has 26 heavy (non-hydrogen) atoms. The molecule has 4 rings (SSSR count). The highest BCUT2D eigenvalue weighted by molar-refractivity contribution is 7.97. The Balaban J connectivity index is 1.39. The predicted molar refractivity (Wildman–Crippen MR) is 102 cm³/mol. The minimum absolute atomic E-state index is 0.169. The fourth-order valence-corrected chi connectivity index (χ4v) is 5.42. The Bertz CT molecular complexity index is 631. The van der Waals surface area contributed by atoms with E-state index in [0.29, 0.717) is 24.4 Å². The van der Waals surface area contributed by atoms with Gasteiger partial charge in [0.1, 0.15) is 0 Å². The zero-order valence-electron chi connectivity index (χ0n) is 15.8. The Morgan fingerprint density at radius 3 is 2.85 bits per heavy atom. The fourth-order valence-electron chi connectivity index (χ4n) is 5.05. The maximum Gasteiger partial charge on any atom is 0.240 e. The van der Waals surface area contributed by atoms with E-state index in [2.05, 4.69) is 19.9 Å². The van der Waals surface area contributed by atoms with Crippen molar-refractivity contribution >= 4 is 17.7 Å². The molecule has 0 N–H and O–H groups in total. The standard InChI is InChI=1S/C19H30N4O2S/c1-26-13-16-20-17(25-21-16)12-22-11-9-19(14-22)8-5-10-23(18(19)24)15-6-3-2-4-7-15/h15H,2-14H2,1H3. The van der Waals surface area contributed by atoms with Gasteiger partial charge < -0.3 is 9.42 Å². The third-order valence-electron chi connectivity index (χ3n) is 6.36. The molecule has 1 amide bonds. The van der Waals surface area contributed by atoms with Crippen LogP contribution in [0.3, 0.4) is 0 Å². The van der Waals surface area contributed by atoms with Crippen LogP contribution < -0.4 is 0 Å². The van der Waals surface area contributed by atoms with E-state index in [9.17, 15) is 4.79 Å². The smallest absolute Gasteiger partial charge is 0.240 e. The van der Waals surface area contributed by atoms with Crippen molar-refractivity contribution in [3.05, 3.63) is 11.7 Å². The van der Waals surface area contributed by atoms with Crippen LogP contribution in [0.4, 0.5) is 0 Å². The summed E-state index contributed by atoms with van der Waals surface area (Å²) in [5.74, 6) is 2.64. The summed E-state index contributed by atoms with van der Waals surface area (Å²) in [4.78, 5) is 22.4. The van der Waals surface area contributed by atoms with Gasteiger partial charge in [-0.25, -0.2) is 0 Å². The molecule has 1 saturated carbocycles. The van der Waals surface area contributed by atoms with E-state index in [4.69, 9.17) is 4.52 Å². The van der Waals surface area contributed by atoms with Crippen LogP contribution in [0, 0.1) is 5.41 Å². The first-order valence-corrected chi connectivity index (χ1v) is 11.4. The number of hydrogen-bond acceptors (Lipinski definition) is 6. The molecule has 1 spiro atoms. The fraction of sp³-hybridized carbons (Fsp3) is 0.842. The van der Waals surface area contributed by atoms with E-state index in [0.717, 1.165) is 50.5 Å². The molecular formula is C19H30N4O2S. The number of thioether (sulfide) groups is 1. The number of aromatic nitrogens is 2. The third-order valence-corrected chi connectivity index (χ3v) is 6.91. The van der Waals surface area contributed by atoms with Crippen LogP contribution in [0.5, 0.6) is 0 Å². The van der Waals surface area contributed by atoms with Crippen LogP contribution in [0.15, 0.2) is 4.52 Å². The minimum Gasteiger partial charge on any atom is -0.339 e. The number of amides is 1. The van der Waals surface area contributed by atoms with Gasteiger partial charge in [-0.2, -0.15) is 16.7 Å². The van der Waals surface area contributed by atoms with Gasteiger partial charge in [-0.3, -0.25) is 9.69 Å². The van der Waals surface area contributed by atoms with Crippen LogP contribution in [-0.4, -0.2) is 57.8 Å². The van der Waals surface area contributed by atoms with Gasteiger partial charge in [0.15, 0.2) is 5.82 Å². The summed E-state index contributed by atoms with van der Waals surface area (Å²) in [7, 11) is 0. The van der Waals surface area contributed by atoms with Crippen LogP contribution in [-0.2, 0) is 17.1 Å². The SMILES string of the molecule is CSCc1noc(CN2CCC3(CCCN(C4CCCCC4)C3=O)C2)n1. The quantitative estimate of drug-likeness (QED) is 0.785. The summed E-state index contributed by atoms with van der Waals surface area (Å²) in [5, 5.41) is 4.03. The summed E-state index contributed by atoms with van der Waals surface area (Å²) in [6, 6.07) is 0.493. The number of likely N-dealkylation sites (tertiary alicyclic amines) is 2.